The fourth-order valence-corrected chi connectivity index (χ4v) is 4.37. The van der Waals surface area contributed by atoms with Gasteiger partial charge in [0, 0.05) is 35.8 Å². The van der Waals surface area contributed by atoms with Crippen LogP contribution in [0.4, 0.5) is 4.39 Å². The van der Waals surface area contributed by atoms with E-state index in [0.29, 0.717) is 13.1 Å². The molecule has 2 N–H and O–H groups in total. The highest BCUT2D eigenvalue weighted by Gasteiger charge is 2.32. The van der Waals surface area contributed by atoms with Gasteiger partial charge in [-0.1, -0.05) is 30.3 Å². The Kier molecular flexibility index (Phi) is 4.23. The zero-order valence-corrected chi connectivity index (χ0v) is 14.2. The van der Waals surface area contributed by atoms with Crippen molar-refractivity contribution in [1.29, 1.82) is 0 Å². The fraction of sp³-hybridized carbons (Fsp3) is 0.211. The van der Waals surface area contributed by atoms with E-state index in [1.54, 1.807) is 12.1 Å². The van der Waals surface area contributed by atoms with E-state index in [1.807, 2.05) is 12.1 Å². The first kappa shape index (κ1) is 16.2. The lowest BCUT2D eigenvalue weighted by atomic mass is 10.1. The zero-order valence-electron chi connectivity index (χ0n) is 13.4. The molecule has 4 rings (SSSR count). The van der Waals surface area contributed by atoms with Crippen LogP contribution in [0.5, 0.6) is 0 Å². The molecule has 1 aliphatic rings. The number of carboxylic acids is 1. The molecule has 1 aromatic heterocycles. The van der Waals surface area contributed by atoms with E-state index < -0.39 is 11.2 Å². The number of carbonyl (C=O) groups is 1. The standard InChI is InChI=1S/C19H17FN2O2S/c20-13-7-5-12(6-8-13)10-22-11-15(14-3-1-2-4-16(14)22)18-21-9-17(25-18)19(23)24/h1-8,11,17-18,21H,9-10H2,(H,23,24)/t17-,18-/m1/s1. The summed E-state index contributed by atoms with van der Waals surface area (Å²) in [5.74, 6) is -1.02. The van der Waals surface area contributed by atoms with Crippen LogP contribution in [-0.2, 0) is 11.3 Å². The van der Waals surface area contributed by atoms with Gasteiger partial charge in [0.2, 0.25) is 0 Å². The van der Waals surface area contributed by atoms with E-state index >= 15 is 0 Å². The lowest BCUT2D eigenvalue weighted by Gasteiger charge is -2.08. The van der Waals surface area contributed by atoms with Crippen LogP contribution >= 0.6 is 11.8 Å². The summed E-state index contributed by atoms with van der Waals surface area (Å²) in [5, 5.41) is 13.2. The molecule has 1 aliphatic heterocycles. The molecule has 0 aliphatic carbocycles. The molecule has 2 heterocycles. The zero-order chi connectivity index (χ0) is 17.4. The molecule has 1 fully saturated rings. The quantitative estimate of drug-likeness (QED) is 0.750. The molecule has 1 saturated heterocycles. The van der Waals surface area contributed by atoms with E-state index in [4.69, 9.17) is 0 Å². The van der Waals surface area contributed by atoms with Gasteiger partial charge in [-0.05, 0) is 23.8 Å². The van der Waals surface area contributed by atoms with Gasteiger partial charge < -0.3 is 9.67 Å². The number of rotatable bonds is 4. The minimum Gasteiger partial charge on any atom is -0.480 e. The molecular weight excluding hydrogens is 339 g/mol. The molecule has 0 amide bonds. The minimum absolute atomic E-state index is 0.0412. The molecule has 0 saturated carbocycles. The Hall–Kier alpha value is -2.31. The molecule has 3 aromatic rings. The Morgan fingerprint density at radius 1 is 1.24 bits per heavy atom. The summed E-state index contributed by atoms with van der Waals surface area (Å²) in [5.41, 5.74) is 3.19. The third-order valence-electron chi connectivity index (χ3n) is 4.43. The van der Waals surface area contributed by atoms with Crippen LogP contribution in [0.3, 0.4) is 0 Å². The van der Waals surface area contributed by atoms with Gasteiger partial charge in [0.25, 0.3) is 0 Å². The van der Waals surface area contributed by atoms with Gasteiger partial charge in [-0.2, -0.15) is 0 Å². The Balaban J connectivity index is 1.69. The van der Waals surface area contributed by atoms with Gasteiger partial charge in [-0.25, -0.2) is 4.39 Å². The summed E-state index contributed by atoms with van der Waals surface area (Å²) in [7, 11) is 0. The maximum atomic E-state index is 13.1. The summed E-state index contributed by atoms with van der Waals surface area (Å²) < 4.78 is 15.3. The Morgan fingerprint density at radius 3 is 2.72 bits per heavy atom. The highest BCUT2D eigenvalue weighted by molar-refractivity contribution is 8.01. The molecule has 0 spiro atoms. The first-order valence-corrected chi connectivity index (χ1v) is 9.00. The van der Waals surface area contributed by atoms with Crippen molar-refractivity contribution in [1.82, 2.24) is 9.88 Å². The van der Waals surface area contributed by atoms with Crippen LogP contribution in [0.15, 0.2) is 54.7 Å². The largest absolute Gasteiger partial charge is 0.480 e. The average Bonchev–Trinajstić information content (AvgIpc) is 3.22. The predicted molar refractivity (Wildman–Crippen MR) is 97.2 cm³/mol. The summed E-state index contributed by atoms with van der Waals surface area (Å²) in [4.78, 5) is 11.2. The van der Waals surface area contributed by atoms with Crippen molar-refractivity contribution < 1.29 is 14.3 Å². The smallest absolute Gasteiger partial charge is 0.318 e. The van der Waals surface area contributed by atoms with Crippen LogP contribution in [-0.4, -0.2) is 27.4 Å². The van der Waals surface area contributed by atoms with Crippen LogP contribution in [0.2, 0.25) is 0 Å². The van der Waals surface area contributed by atoms with E-state index in [-0.39, 0.29) is 11.2 Å². The Labute approximate surface area is 148 Å². The molecule has 25 heavy (non-hydrogen) atoms. The summed E-state index contributed by atoms with van der Waals surface area (Å²) in [6.07, 6.45) is 2.07. The van der Waals surface area contributed by atoms with Crippen LogP contribution < -0.4 is 5.32 Å². The number of aromatic nitrogens is 1. The average molecular weight is 356 g/mol. The number of halogens is 1. The van der Waals surface area contributed by atoms with Crippen molar-refractivity contribution in [2.24, 2.45) is 0 Å². The molecule has 0 unspecified atom stereocenters. The number of hydrogen-bond acceptors (Lipinski definition) is 3. The van der Waals surface area contributed by atoms with Gasteiger partial charge >= 0.3 is 5.97 Å². The summed E-state index contributed by atoms with van der Waals surface area (Å²) in [6.45, 7) is 1.10. The Bertz CT molecular complexity index is 923. The van der Waals surface area contributed by atoms with Crippen LogP contribution in [0, 0.1) is 5.82 Å². The number of hydrogen-bond donors (Lipinski definition) is 2. The molecule has 0 bridgehead atoms. The number of para-hydroxylation sites is 1. The third-order valence-corrected chi connectivity index (χ3v) is 5.82. The van der Waals surface area contributed by atoms with E-state index in [1.165, 1.54) is 23.9 Å². The van der Waals surface area contributed by atoms with Crippen molar-refractivity contribution in [3.05, 3.63) is 71.7 Å². The van der Waals surface area contributed by atoms with Gasteiger partial charge in [0.05, 0.1) is 5.37 Å². The normalized spacial score (nSPS) is 20.2. The van der Waals surface area contributed by atoms with E-state index in [9.17, 15) is 14.3 Å². The second-order valence-corrected chi connectivity index (χ2v) is 7.42. The molecule has 0 radical (unpaired) electrons. The van der Waals surface area contributed by atoms with Crippen molar-refractivity contribution in [2.45, 2.75) is 17.2 Å². The second-order valence-electron chi connectivity index (χ2n) is 6.11. The molecular formula is C19H17FN2O2S. The number of benzene rings is 2. The SMILES string of the molecule is O=C(O)[C@H]1CN[C@@H](c2cn(Cc3ccc(F)cc3)c3ccccc23)S1. The molecule has 6 heteroatoms. The molecule has 2 atom stereocenters. The van der Waals surface area contributed by atoms with Crippen molar-refractivity contribution in [2.75, 3.05) is 6.54 Å². The van der Waals surface area contributed by atoms with Crippen molar-refractivity contribution in [3.8, 4) is 0 Å². The van der Waals surface area contributed by atoms with Crippen molar-refractivity contribution >= 4 is 28.6 Å². The maximum Gasteiger partial charge on any atom is 0.318 e. The predicted octanol–water partition coefficient (Wildman–Crippen LogP) is 3.62. The number of carboxylic acid groups (broad SMARTS) is 1. The monoisotopic (exact) mass is 356 g/mol. The van der Waals surface area contributed by atoms with Gasteiger partial charge in [0.15, 0.2) is 0 Å². The number of nitrogens with one attached hydrogen (secondary N) is 1. The first-order valence-electron chi connectivity index (χ1n) is 8.05. The second kappa shape index (κ2) is 6.54. The number of fused-ring (bicyclic) bond motifs is 1. The summed E-state index contributed by atoms with van der Waals surface area (Å²) >= 11 is 1.43. The van der Waals surface area contributed by atoms with Gasteiger partial charge in [-0.3, -0.25) is 10.1 Å². The Morgan fingerprint density at radius 2 is 2.00 bits per heavy atom. The van der Waals surface area contributed by atoms with E-state index in [2.05, 4.69) is 28.2 Å². The van der Waals surface area contributed by atoms with Gasteiger partial charge in [-0.15, -0.1) is 11.8 Å². The lowest BCUT2D eigenvalue weighted by molar-refractivity contribution is -0.136. The number of nitrogens with zero attached hydrogens (tertiary/aromatic N) is 1. The maximum absolute atomic E-state index is 13.1. The lowest BCUT2D eigenvalue weighted by Crippen LogP contribution is -2.21. The number of thioether (sulfide) groups is 1. The first-order chi connectivity index (χ1) is 12.1. The molecule has 128 valence electrons. The van der Waals surface area contributed by atoms with E-state index in [0.717, 1.165) is 22.0 Å². The van der Waals surface area contributed by atoms with Crippen LogP contribution in [0.1, 0.15) is 16.5 Å². The fourth-order valence-electron chi connectivity index (χ4n) is 3.20. The summed E-state index contributed by atoms with van der Waals surface area (Å²) in [6, 6.07) is 14.6. The highest BCUT2D eigenvalue weighted by Crippen LogP contribution is 2.39. The minimum atomic E-state index is -0.782. The topological polar surface area (TPSA) is 54.3 Å². The molecule has 2 aromatic carbocycles. The van der Waals surface area contributed by atoms with Crippen molar-refractivity contribution in [3.63, 3.8) is 0 Å². The third kappa shape index (κ3) is 3.15. The number of aliphatic carboxylic acids is 1. The van der Waals surface area contributed by atoms with Crippen LogP contribution in [0.25, 0.3) is 10.9 Å². The molecule has 4 nitrogen and oxygen atoms in total. The van der Waals surface area contributed by atoms with Gasteiger partial charge in [0.1, 0.15) is 11.1 Å². The highest BCUT2D eigenvalue weighted by atomic mass is 32.2.